The SMILES string of the molecule is CCc1nnc(NCCc2ccc(F)cc2C)nc1CC. The molecule has 0 atom stereocenters. The molecule has 0 unspecified atom stereocenters. The van der Waals surface area contributed by atoms with Gasteiger partial charge in [0.25, 0.3) is 0 Å². The molecule has 0 fully saturated rings. The van der Waals surface area contributed by atoms with Crippen molar-refractivity contribution in [3.63, 3.8) is 0 Å². The number of hydrogen-bond donors (Lipinski definition) is 1. The first kappa shape index (κ1) is 15.4. The van der Waals surface area contributed by atoms with E-state index >= 15 is 0 Å². The second kappa shape index (κ2) is 7.11. The molecule has 1 aromatic carbocycles. The van der Waals surface area contributed by atoms with Gasteiger partial charge in [0.15, 0.2) is 0 Å². The number of aryl methyl sites for hydroxylation is 3. The molecular formula is C16H21FN4. The molecule has 5 heteroatoms. The smallest absolute Gasteiger partial charge is 0.242 e. The Morgan fingerprint density at radius 2 is 1.86 bits per heavy atom. The first-order chi connectivity index (χ1) is 10.1. The Labute approximate surface area is 124 Å². The minimum Gasteiger partial charge on any atom is -0.353 e. The van der Waals surface area contributed by atoms with Gasteiger partial charge < -0.3 is 5.32 Å². The van der Waals surface area contributed by atoms with E-state index in [9.17, 15) is 4.39 Å². The summed E-state index contributed by atoms with van der Waals surface area (Å²) in [6, 6.07) is 4.87. The summed E-state index contributed by atoms with van der Waals surface area (Å²) in [7, 11) is 0. The maximum absolute atomic E-state index is 13.0. The summed E-state index contributed by atoms with van der Waals surface area (Å²) >= 11 is 0. The number of anilines is 1. The van der Waals surface area contributed by atoms with Crippen LogP contribution < -0.4 is 5.32 Å². The molecule has 4 nitrogen and oxygen atoms in total. The number of nitrogens with one attached hydrogen (secondary N) is 1. The van der Waals surface area contributed by atoms with Gasteiger partial charge in [0.05, 0.1) is 11.4 Å². The number of nitrogens with zero attached hydrogens (tertiary/aromatic N) is 3. The zero-order valence-electron chi connectivity index (χ0n) is 12.8. The largest absolute Gasteiger partial charge is 0.353 e. The Morgan fingerprint density at radius 3 is 2.52 bits per heavy atom. The van der Waals surface area contributed by atoms with Crippen LogP contribution in [0.3, 0.4) is 0 Å². The summed E-state index contributed by atoms with van der Waals surface area (Å²) in [5.74, 6) is 0.364. The maximum atomic E-state index is 13.0. The van der Waals surface area contributed by atoms with Crippen LogP contribution in [0.4, 0.5) is 10.3 Å². The molecule has 0 spiro atoms. The quantitative estimate of drug-likeness (QED) is 0.887. The van der Waals surface area contributed by atoms with Crippen molar-refractivity contribution in [1.82, 2.24) is 15.2 Å². The predicted molar refractivity (Wildman–Crippen MR) is 81.9 cm³/mol. The fraction of sp³-hybridized carbons (Fsp3) is 0.438. The lowest BCUT2D eigenvalue weighted by Gasteiger charge is -2.09. The van der Waals surface area contributed by atoms with E-state index in [0.29, 0.717) is 12.5 Å². The summed E-state index contributed by atoms with van der Waals surface area (Å²) < 4.78 is 13.0. The molecule has 0 saturated heterocycles. The molecule has 2 rings (SSSR count). The first-order valence-corrected chi connectivity index (χ1v) is 7.35. The van der Waals surface area contributed by atoms with E-state index in [2.05, 4.69) is 34.3 Å². The maximum Gasteiger partial charge on any atom is 0.242 e. The van der Waals surface area contributed by atoms with E-state index in [-0.39, 0.29) is 5.82 Å². The van der Waals surface area contributed by atoms with Crippen molar-refractivity contribution in [2.45, 2.75) is 40.0 Å². The van der Waals surface area contributed by atoms with Gasteiger partial charge in [-0.2, -0.15) is 5.10 Å². The first-order valence-electron chi connectivity index (χ1n) is 7.35. The predicted octanol–water partition coefficient (Wildman–Crippen LogP) is 3.10. The van der Waals surface area contributed by atoms with Crippen LogP contribution in [0.1, 0.15) is 36.4 Å². The van der Waals surface area contributed by atoms with Crippen molar-refractivity contribution in [2.75, 3.05) is 11.9 Å². The van der Waals surface area contributed by atoms with E-state index in [1.54, 1.807) is 6.07 Å². The third kappa shape index (κ3) is 3.97. The summed E-state index contributed by atoms with van der Waals surface area (Å²) in [6.07, 6.45) is 2.50. The topological polar surface area (TPSA) is 50.7 Å². The van der Waals surface area contributed by atoms with Crippen molar-refractivity contribution < 1.29 is 4.39 Å². The van der Waals surface area contributed by atoms with Gasteiger partial charge in [-0.15, -0.1) is 5.10 Å². The summed E-state index contributed by atoms with van der Waals surface area (Å²) in [5, 5.41) is 11.5. The van der Waals surface area contributed by atoms with Gasteiger partial charge in [-0.1, -0.05) is 19.9 Å². The highest BCUT2D eigenvalue weighted by Crippen LogP contribution is 2.11. The van der Waals surface area contributed by atoms with Gasteiger partial charge in [0.2, 0.25) is 5.95 Å². The average Bonchev–Trinajstić information content (AvgIpc) is 2.49. The van der Waals surface area contributed by atoms with Gasteiger partial charge >= 0.3 is 0 Å². The van der Waals surface area contributed by atoms with E-state index in [1.165, 1.54) is 6.07 Å². The van der Waals surface area contributed by atoms with E-state index in [0.717, 1.165) is 41.8 Å². The fourth-order valence-electron chi connectivity index (χ4n) is 2.26. The van der Waals surface area contributed by atoms with Gasteiger partial charge in [-0.05, 0) is 49.4 Å². The second-order valence-corrected chi connectivity index (χ2v) is 4.98. The molecule has 0 aliphatic rings. The number of hydrogen-bond acceptors (Lipinski definition) is 4. The number of benzene rings is 1. The van der Waals surface area contributed by atoms with Crippen LogP contribution in [0.15, 0.2) is 18.2 Å². The van der Waals surface area contributed by atoms with Gasteiger partial charge in [-0.3, -0.25) is 0 Å². The lowest BCUT2D eigenvalue weighted by atomic mass is 10.1. The Hall–Kier alpha value is -2.04. The highest BCUT2D eigenvalue weighted by molar-refractivity contribution is 5.29. The molecule has 21 heavy (non-hydrogen) atoms. The molecule has 112 valence electrons. The highest BCUT2D eigenvalue weighted by atomic mass is 19.1. The van der Waals surface area contributed by atoms with E-state index in [1.807, 2.05) is 13.0 Å². The van der Waals surface area contributed by atoms with Crippen molar-refractivity contribution in [3.05, 3.63) is 46.5 Å². The van der Waals surface area contributed by atoms with Crippen LogP contribution in [0, 0.1) is 12.7 Å². The van der Waals surface area contributed by atoms with Crippen LogP contribution >= 0.6 is 0 Å². The molecule has 0 aliphatic heterocycles. The normalized spacial score (nSPS) is 10.7. The molecule has 0 aliphatic carbocycles. The van der Waals surface area contributed by atoms with Gasteiger partial charge in [0, 0.05) is 6.54 Å². The van der Waals surface area contributed by atoms with Crippen molar-refractivity contribution in [2.24, 2.45) is 0 Å². The Bertz CT molecular complexity index is 613. The Kier molecular flexibility index (Phi) is 5.20. The zero-order valence-corrected chi connectivity index (χ0v) is 12.8. The van der Waals surface area contributed by atoms with Crippen molar-refractivity contribution in [3.8, 4) is 0 Å². The lowest BCUT2D eigenvalue weighted by molar-refractivity contribution is 0.625. The summed E-state index contributed by atoms with van der Waals surface area (Å²) in [4.78, 5) is 4.49. The molecule has 1 N–H and O–H groups in total. The van der Waals surface area contributed by atoms with Crippen LogP contribution in [0.5, 0.6) is 0 Å². The monoisotopic (exact) mass is 288 g/mol. The fourth-order valence-corrected chi connectivity index (χ4v) is 2.26. The third-order valence-electron chi connectivity index (χ3n) is 3.49. The average molecular weight is 288 g/mol. The molecule has 1 heterocycles. The number of halogens is 1. The molecule has 0 bridgehead atoms. The van der Waals surface area contributed by atoms with Crippen molar-refractivity contribution in [1.29, 1.82) is 0 Å². The molecule has 0 radical (unpaired) electrons. The second-order valence-electron chi connectivity index (χ2n) is 4.98. The van der Waals surface area contributed by atoms with Gasteiger partial charge in [-0.25, -0.2) is 9.37 Å². The standard InChI is InChI=1S/C16H21FN4/c1-4-14-15(5-2)20-21-16(19-14)18-9-8-12-6-7-13(17)10-11(12)3/h6-7,10H,4-5,8-9H2,1-3H3,(H,18,19,21). The summed E-state index contributed by atoms with van der Waals surface area (Å²) in [5.41, 5.74) is 4.04. The van der Waals surface area contributed by atoms with Crippen LogP contribution in [-0.4, -0.2) is 21.7 Å². The molecule has 0 amide bonds. The van der Waals surface area contributed by atoms with Crippen molar-refractivity contribution >= 4 is 5.95 Å². The summed E-state index contributed by atoms with van der Waals surface area (Å²) in [6.45, 7) is 6.73. The molecule has 0 saturated carbocycles. The van der Waals surface area contributed by atoms with E-state index < -0.39 is 0 Å². The van der Waals surface area contributed by atoms with E-state index in [4.69, 9.17) is 0 Å². The Balaban J connectivity index is 1.97. The van der Waals surface area contributed by atoms with Gasteiger partial charge in [0.1, 0.15) is 5.82 Å². The van der Waals surface area contributed by atoms with Crippen LogP contribution in [0.25, 0.3) is 0 Å². The number of aromatic nitrogens is 3. The minimum atomic E-state index is -0.195. The Morgan fingerprint density at radius 1 is 1.10 bits per heavy atom. The molecule has 1 aromatic heterocycles. The zero-order chi connectivity index (χ0) is 15.2. The molecule has 2 aromatic rings. The third-order valence-corrected chi connectivity index (χ3v) is 3.49. The minimum absolute atomic E-state index is 0.195. The van der Waals surface area contributed by atoms with Crippen LogP contribution in [-0.2, 0) is 19.3 Å². The lowest BCUT2D eigenvalue weighted by Crippen LogP contribution is -2.12. The highest BCUT2D eigenvalue weighted by Gasteiger charge is 2.06. The number of rotatable bonds is 6. The molecular weight excluding hydrogens is 267 g/mol. The van der Waals surface area contributed by atoms with Crippen LogP contribution in [0.2, 0.25) is 0 Å².